The van der Waals surface area contributed by atoms with Crippen molar-refractivity contribution in [3.05, 3.63) is 94.3 Å². The quantitative estimate of drug-likeness (QED) is 0.346. The molecular weight excluding hydrogens is 495 g/mol. The monoisotopic (exact) mass is 522 g/mol. The van der Waals surface area contributed by atoms with Crippen molar-refractivity contribution in [2.24, 2.45) is 0 Å². The average molecular weight is 523 g/mol. The van der Waals surface area contributed by atoms with Crippen molar-refractivity contribution in [2.45, 2.75) is 44.8 Å². The number of anilines is 2. The van der Waals surface area contributed by atoms with Crippen LogP contribution in [0.25, 0.3) is 0 Å². The zero-order valence-electron chi connectivity index (χ0n) is 20.7. The van der Waals surface area contributed by atoms with Gasteiger partial charge in [-0.1, -0.05) is 36.4 Å². The van der Waals surface area contributed by atoms with E-state index in [9.17, 15) is 27.5 Å². The standard InChI is InChI=1S/C28H28F4N2O2.Na/c29-25-17-23(11-9-20(25)10-12-27(35)36)33-18-21-5-2-8-26-24(21)7-3-14-34(26)15-13-19-4-1-6-22(16-19)28(30,31)32;/h1-2,4-6,8-9,11,16-17,33H,3,7,10,12-15,18H2,(H,35,36);/q;+1/p-1. The van der Waals surface area contributed by atoms with Crippen LogP contribution in [0.2, 0.25) is 0 Å². The second kappa shape index (κ2) is 12.8. The second-order valence-electron chi connectivity index (χ2n) is 8.99. The first-order valence-electron chi connectivity index (χ1n) is 11.9. The zero-order chi connectivity index (χ0) is 25.7. The van der Waals surface area contributed by atoms with Crippen molar-refractivity contribution in [2.75, 3.05) is 23.3 Å². The fraction of sp³-hybridized carbons (Fsp3) is 0.321. The normalized spacial score (nSPS) is 13.0. The van der Waals surface area contributed by atoms with Crippen LogP contribution in [-0.4, -0.2) is 19.1 Å². The van der Waals surface area contributed by atoms with Gasteiger partial charge in [0.05, 0.1) is 5.56 Å². The minimum absolute atomic E-state index is 0. The van der Waals surface area contributed by atoms with Crippen LogP contribution >= 0.6 is 0 Å². The molecule has 0 amide bonds. The maximum Gasteiger partial charge on any atom is 1.00 e. The molecule has 190 valence electrons. The molecule has 4 rings (SSSR count). The third kappa shape index (κ3) is 7.72. The number of carbonyl (C=O) groups excluding carboxylic acids is 1. The van der Waals surface area contributed by atoms with Gasteiger partial charge in [-0.15, -0.1) is 0 Å². The van der Waals surface area contributed by atoms with Crippen molar-refractivity contribution in [1.82, 2.24) is 0 Å². The van der Waals surface area contributed by atoms with Crippen molar-refractivity contribution >= 4 is 17.3 Å². The molecule has 1 aliphatic heterocycles. The van der Waals surface area contributed by atoms with E-state index in [1.54, 1.807) is 18.2 Å². The minimum atomic E-state index is -4.35. The van der Waals surface area contributed by atoms with E-state index in [-0.39, 0.29) is 42.4 Å². The molecule has 0 aliphatic carbocycles. The number of hydrogen-bond acceptors (Lipinski definition) is 4. The maximum atomic E-state index is 14.3. The topological polar surface area (TPSA) is 55.4 Å². The molecule has 0 fully saturated rings. The summed E-state index contributed by atoms with van der Waals surface area (Å²) < 4.78 is 53.5. The molecule has 1 N–H and O–H groups in total. The molecule has 0 unspecified atom stereocenters. The largest absolute Gasteiger partial charge is 1.00 e. The van der Waals surface area contributed by atoms with Gasteiger partial charge in [-0.3, -0.25) is 0 Å². The Labute approximate surface area is 236 Å². The van der Waals surface area contributed by atoms with E-state index in [2.05, 4.69) is 10.2 Å². The molecule has 1 aliphatic rings. The maximum absolute atomic E-state index is 14.3. The summed E-state index contributed by atoms with van der Waals surface area (Å²) in [4.78, 5) is 12.8. The summed E-state index contributed by atoms with van der Waals surface area (Å²) in [7, 11) is 0. The van der Waals surface area contributed by atoms with E-state index in [1.165, 1.54) is 23.8 Å². The van der Waals surface area contributed by atoms with Gasteiger partial charge in [-0.25, -0.2) is 4.39 Å². The third-order valence-electron chi connectivity index (χ3n) is 6.50. The molecule has 0 bridgehead atoms. The van der Waals surface area contributed by atoms with Gasteiger partial charge >= 0.3 is 35.7 Å². The molecule has 0 atom stereocenters. The summed E-state index contributed by atoms with van der Waals surface area (Å²) >= 11 is 0. The molecule has 0 saturated carbocycles. The number of rotatable bonds is 9. The van der Waals surface area contributed by atoms with Crippen LogP contribution in [0.5, 0.6) is 0 Å². The number of fused-ring (bicyclic) bond motifs is 1. The smallest absolute Gasteiger partial charge is 0.550 e. The van der Waals surface area contributed by atoms with Crippen molar-refractivity contribution in [3.63, 3.8) is 0 Å². The molecule has 9 heteroatoms. The number of hydrogen-bond donors (Lipinski definition) is 1. The molecule has 3 aromatic rings. The van der Waals surface area contributed by atoms with Crippen LogP contribution < -0.4 is 44.9 Å². The Morgan fingerprint density at radius 3 is 2.51 bits per heavy atom. The Kier molecular flexibility index (Phi) is 10.0. The molecular formula is C28H27F4N2NaO2. The number of aryl methyl sites for hydroxylation is 1. The predicted octanol–water partition coefficient (Wildman–Crippen LogP) is 2.14. The first-order valence-corrected chi connectivity index (χ1v) is 11.9. The SMILES string of the molecule is O=C([O-])CCc1ccc(NCc2cccc3c2CCCN3CCc2cccc(C(F)(F)F)c2)cc1F.[Na+]. The second-order valence-corrected chi connectivity index (χ2v) is 8.99. The first-order chi connectivity index (χ1) is 17.2. The number of carboxylic acid groups (broad SMARTS) is 1. The van der Waals surface area contributed by atoms with Crippen LogP contribution in [-0.2, 0) is 36.8 Å². The Morgan fingerprint density at radius 2 is 1.78 bits per heavy atom. The van der Waals surface area contributed by atoms with Crippen molar-refractivity contribution < 1.29 is 57.0 Å². The molecule has 0 saturated heterocycles. The molecule has 3 aromatic carbocycles. The summed E-state index contributed by atoms with van der Waals surface area (Å²) in [6.45, 7) is 1.94. The van der Waals surface area contributed by atoms with Gasteiger partial charge in [-0.2, -0.15) is 13.2 Å². The van der Waals surface area contributed by atoms with Gasteiger partial charge in [0.1, 0.15) is 5.82 Å². The van der Waals surface area contributed by atoms with E-state index in [4.69, 9.17) is 0 Å². The van der Waals surface area contributed by atoms with Gasteiger partial charge in [0.15, 0.2) is 0 Å². The van der Waals surface area contributed by atoms with Crippen molar-refractivity contribution in [3.8, 4) is 0 Å². The van der Waals surface area contributed by atoms with Crippen LogP contribution in [0.15, 0.2) is 60.7 Å². The van der Waals surface area contributed by atoms with Gasteiger partial charge in [-0.05, 0) is 78.6 Å². The number of benzene rings is 3. The molecule has 4 nitrogen and oxygen atoms in total. The van der Waals surface area contributed by atoms with Crippen LogP contribution in [0.1, 0.15) is 40.7 Å². The van der Waals surface area contributed by atoms with Crippen LogP contribution in [0.4, 0.5) is 28.9 Å². The molecule has 37 heavy (non-hydrogen) atoms. The Morgan fingerprint density at radius 1 is 1.00 bits per heavy atom. The fourth-order valence-corrected chi connectivity index (χ4v) is 4.63. The van der Waals surface area contributed by atoms with Gasteiger partial charge in [0.25, 0.3) is 0 Å². The summed E-state index contributed by atoms with van der Waals surface area (Å²) in [6.07, 6.45) is -2.16. The predicted molar refractivity (Wildman–Crippen MR) is 129 cm³/mol. The Hall–Kier alpha value is -2.55. The van der Waals surface area contributed by atoms with E-state index >= 15 is 0 Å². The van der Waals surface area contributed by atoms with Gasteiger partial charge in [0.2, 0.25) is 0 Å². The fourth-order valence-electron chi connectivity index (χ4n) is 4.63. The Bertz CT molecular complexity index is 1230. The number of carbonyl (C=O) groups is 1. The summed E-state index contributed by atoms with van der Waals surface area (Å²) in [5, 5.41) is 13.9. The number of nitrogens with zero attached hydrogens (tertiary/aromatic N) is 1. The number of aliphatic carboxylic acids is 1. The van der Waals surface area contributed by atoms with E-state index < -0.39 is 23.5 Å². The minimum Gasteiger partial charge on any atom is -0.550 e. The third-order valence-corrected chi connectivity index (χ3v) is 6.50. The van der Waals surface area contributed by atoms with Crippen LogP contribution in [0, 0.1) is 5.82 Å². The Balaban J connectivity index is 0.00000380. The van der Waals surface area contributed by atoms with Crippen molar-refractivity contribution in [1.29, 1.82) is 0 Å². The number of carboxylic acids is 1. The van der Waals surface area contributed by atoms with Gasteiger partial charge in [0, 0.05) is 37.0 Å². The molecule has 0 spiro atoms. The summed E-state index contributed by atoms with van der Waals surface area (Å²) in [5.74, 6) is -1.67. The summed E-state index contributed by atoms with van der Waals surface area (Å²) in [5.41, 5.74) is 4.30. The first kappa shape index (κ1) is 29.0. The van der Waals surface area contributed by atoms with E-state index in [0.29, 0.717) is 36.3 Å². The number of alkyl halides is 3. The van der Waals surface area contributed by atoms with Crippen LogP contribution in [0.3, 0.4) is 0 Å². The molecule has 0 radical (unpaired) electrons. The number of nitrogens with one attached hydrogen (secondary N) is 1. The summed E-state index contributed by atoms with van der Waals surface area (Å²) in [6, 6.07) is 16.2. The van der Waals surface area contributed by atoms with E-state index in [1.807, 2.05) is 18.2 Å². The molecule has 0 aromatic heterocycles. The zero-order valence-corrected chi connectivity index (χ0v) is 22.7. The number of halogens is 4. The van der Waals surface area contributed by atoms with E-state index in [0.717, 1.165) is 36.7 Å². The van der Waals surface area contributed by atoms with Gasteiger partial charge < -0.3 is 20.1 Å². The molecule has 1 heterocycles. The average Bonchev–Trinajstić information content (AvgIpc) is 2.85.